The second-order valence-electron chi connectivity index (χ2n) is 7.72. The number of hydrogen-bond acceptors (Lipinski definition) is 5. The van der Waals surface area contributed by atoms with Gasteiger partial charge >= 0.3 is 0 Å². The van der Waals surface area contributed by atoms with Crippen molar-refractivity contribution >= 4 is 17.7 Å². The van der Waals surface area contributed by atoms with Gasteiger partial charge in [-0.15, -0.1) is 0 Å². The highest BCUT2D eigenvalue weighted by atomic mass is 16.2. The van der Waals surface area contributed by atoms with Crippen LogP contribution in [0.25, 0.3) is 0 Å². The molecule has 144 valence electrons. The van der Waals surface area contributed by atoms with Gasteiger partial charge in [-0.05, 0) is 50.0 Å². The molecule has 2 N–H and O–H groups in total. The summed E-state index contributed by atoms with van der Waals surface area (Å²) in [5.74, 6) is -0.732. The van der Waals surface area contributed by atoms with Gasteiger partial charge in [0.1, 0.15) is 6.04 Å². The van der Waals surface area contributed by atoms with Gasteiger partial charge in [0.15, 0.2) is 0 Å². The number of amides is 3. The van der Waals surface area contributed by atoms with Crippen LogP contribution in [0.2, 0.25) is 0 Å². The molecular weight excluding hydrogens is 344 g/mol. The minimum Gasteiger partial charge on any atom is -0.322 e. The maximum absolute atomic E-state index is 12.8. The number of piperidine rings is 1. The van der Waals surface area contributed by atoms with Gasteiger partial charge in [0.25, 0.3) is 5.91 Å². The van der Waals surface area contributed by atoms with Gasteiger partial charge in [-0.25, -0.2) is 0 Å². The molecule has 2 atom stereocenters. The van der Waals surface area contributed by atoms with E-state index >= 15 is 0 Å². The average molecular weight is 370 g/mol. The van der Waals surface area contributed by atoms with E-state index in [2.05, 4.69) is 21.6 Å². The molecular formula is C20H26N4O3. The molecule has 0 aromatic heterocycles. The van der Waals surface area contributed by atoms with Crippen molar-refractivity contribution in [2.75, 3.05) is 20.1 Å². The van der Waals surface area contributed by atoms with E-state index in [1.807, 2.05) is 19.2 Å². The first-order valence-electron chi connectivity index (χ1n) is 9.72. The predicted molar refractivity (Wildman–Crippen MR) is 99.8 cm³/mol. The van der Waals surface area contributed by atoms with Crippen LogP contribution in [0.1, 0.15) is 47.2 Å². The lowest BCUT2D eigenvalue weighted by molar-refractivity contribution is -0.136. The second-order valence-corrected chi connectivity index (χ2v) is 7.72. The highest BCUT2D eigenvalue weighted by Gasteiger charge is 2.39. The van der Waals surface area contributed by atoms with Gasteiger partial charge in [-0.3, -0.25) is 24.6 Å². The van der Waals surface area contributed by atoms with Crippen molar-refractivity contribution in [2.24, 2.45) is 0 Å². The second kappa shape index (κ2) is 7.40. The third-order valence-corrected chi connectivity index (χ3v) is 5.91. The molecule has 3 aliphatic rings. The number of benzene rings is 1. The van der Waals surface area contributed by atoms with E-state index in [4.69, 9.17) is 0 Å². The van der Waals surface area contributed by atoms with E-state index in [0.29, 0.717) is 24.6 Å². The van der Waals surface area contributed by atoms with Crippen LogP contribution in [0.15, 0.2) is 18.2 Å². The topological polar surface area (TPSA) is 81.8 Å². The van der Waals surface area contributed by atoms with Crippen LogP contribution in [0.3, 0.4) is 0 Å². The molecule has 7 nitrogen and oxygen atoms in total. The van der Waals surface area contributed by atoms with Crippen LogP contribution in [0.5, 0.6) is 0 Å². The summed E-state index contributed by atoms with van der Waals surface area (Å²) in [4.78, 5) is 40.4. The Labute approximate surface area is 159 Å². The molecule has 0 spiro atoms. The fourth-order valence-electron chi connectivity index (χ4n) is 4.53. The Morgan fingerprint density at radius 1 is 1.22 bits per heavy atom. The smallest absolute Gasteiger partial charge is 0.255 e. The standard InChI is InChI=1S/C20H26N4O3/c1-21-10-15-3-2-8-23(15)11-13-4-5-16-14(9-13)12-24(20(16)27)17-6-7-18(25)22-19(17)26/h4-5,9,15,17,21H,2-3,6-8,10-12H2,1H3,(H,22,25,26). The maximum atomic E-state index is 12.8. The lowest BCUT2D eigenvalue weighted by Crippen LogP contribution is -2.52. The highest BCUT2D eigenvalue weighted by molar-refractivity contribution is 6.05. The van der Waals surface area contributed by atoms with E-state index < -0.39 is 6.04 Å². The first-order chi connectivity index (χ1) is 13.1. The number of fused-ring (bicyclic) bond motifs is 1. The van der Waals surface area contributed by atoms with Gasteiger partial charge in [0, 0.05) is 37.7 Å². The van der Waals surface area contributed by atoms with Crippen LogP contribution in [0, 0.1) is 0 Å². The Bertz CT molecular complexity index is 778. The molecule has 4 rings (SSSR count). The van der Waals surface area contributed by atoms with E-state index in [0.717, 1.165) is 25.2 Å². The molecule has 0 aliphatic carbocycles. The zero-order valence-electron chi connectivity index (χ0n) is 15.7. The quantitative estimate of drug-likeness (QED) is 0.743. The number of imide groups is 1. The number of nitrogens with zero attached hydrogens (tertiary/aromatic N) is 2. The molecule has 2 fully saturated rings. The summed E-state index contributed by atoms with van der Waals surface area (Å²) in [7, 11) is 1.99. The molecule has 0 bridgehead atoms. The zero-order valence-corrected chi connectivity index (χ0v) is 15.7. The fourth-order valence-corrected chi connectivity index (χ4v) is 4.53. The Morgan fingerprint density at radius 2 is 2.07 bits per heavy atom. The number of carbonyl (C=O) groups excluding carboxylic acids is 3. The summed E-state index contributed by atoms with van der Waals surface area (Å²) >= 11 is 0. The Morgan fingerprint density at radius 3 is 2.85 bits per heavy atom. The lowest BCUT2D eigenvalue weighted by Gasteiger charge is -2.29. The van der Waals surface area contributed by atoms with Gasteiger partial charge in [-0.2, -0.15) is 0 Å². The summed E-state index contributed by atoms with van der Waals surface area (Å²) in [5.41, 5.74) is 2.86. The van der Waals surface area contributed by atoms with Crippen LogP contribution >= 0.6 is 0 Å². The van der Waals surface area contributed by atoms with Crippen molar-refractivity contribution in [3.63, 3.8) is 0 Å². The molecule has 3 heterocycles. The van der Waals surface area contributed by atoms with Crippen molar-refractivity contribution in [1.82, 2.24) is 20.4 Å². The molecule has 1 aromatic rings. The zero-order chi connectivity index (χ0) is 19.0. The fraction of sp³-hybridized carbons (Fsp3) is 0.550. The van der Waals surface area contributed by atoms with Crippen molar-refractivity contribution in [2.45, 2.75) is 50.9 Å². The van der Waals surface area contributed by atoms with Crippen molar-refractivity contribution in [3.8, 4) is 0 Å². The molecule has 3 amide bonds. The SMILES string of the molecule is CNCC1CCCN1Cc1ccc2c(c1)CN(C1CCC(=O)NC1=O)C2=O. The summed E-state index contributed by atoms with van der Waals surface area (Å²) in [6.07, 6.45) is 3.12. The average Bonchev–Trinajstić information content (AvgIpc) is 3.20. The van der Waals surface area contributed by atoms with Crippen LogP contribution in [-0.2, 0) is 22.7 Å². The van der Waals surface area contributed by atoms with E-state index in [9.17, 15) is 14.4 Å². The first-order valence-corrected chi connectivity index (χ1v) is 9.72. The lowest BCUT2D eigenvalue weighted by atomic mass is 10.0. The normalized spacial score (nSPS) is 25.8. The molecule has 1 aromatic carbocycles. The minimum absolute atomic E-state index is 0.111. The van der Waals surface area contributed by atoms with Crippen LogP contribution < -0.4 is 10.6 Å². The predicted octanol–water partition coefficient (Wildman–Crippen LogP) is 0.631. The molecule has 7 heteroatoms. The number of nitrogens with one attached hydrogen (secondary N) is 2. The van der Waals surface area contributed by atoms with Gasteiger partial charge < -0.3 is 10.2 Å². The number of hydrogen-bond donors (Lipinski definition) is 2. The van der Waals surface area contributed by atoms with Gasteiger partial charge in [0.05, 0.1) is 0 Å². The molecule has 3 aliphatic heterocycles. The van der Waals surface area contributed by atoms with Crippen LogP contribution in [0.4, 0.5) is 0 Å². The summed E-state index contributed by atoms with van der Waals surface area (Å²) in [5, 5.41) is 5.61. The third-order valence-electron chi connectivity index (χ3n) is 5.91. The molecule has 0 saturated carbocycles. The number of likely N-dealkylation sites (tertiary alicyclic amines) is 1. The number of rotatable bonds is 5. The summed E-state index contributed by atoms with van der Waals surface area (Å²) in [6.45, 7) is 3.41. The Hall–Kier alpha value is -2.25. The van der Waals surface area contributed by atoms with E-state index in [1.54, 1.807) is 4.90 Å². The van der Waals surface area contributed by atoms with Gasteiger partial charge in [-0.1, -0.05) is 12.1 Å². The summed E-state index contributed by atoms with van der Waals surface area (Å²) < 4.78 is 0. The maximum Gasteiger partial charge on any atom is 0.255 e. The van der Waals surface area contributed by atoms with Crippen molar-refractivity contribution in [3.05, 3.63) is 34.9 Å². The largest absolute Gasteiger partial charge is 0.322 e. The number of carbonyl (C=O) groups is 3. The van der Waals surface area contributed by atoms with Gasteiger partial charge in [0.2, 0.25) is 11.8 Å². The first kappa shape index (κ1) is 18.1. The monoisotopic (exact) mass is 370 g/mol. The van der Waals surface area contributed by atoms with Crippen molar-refractivity contribution < 1.29 is 14.4 Å². The molecule has 2 saturated heterocycles. The summed E-state index contributed by atoms with van der Waals surface area (Å²) in [6, 6.07) is 6.03. The third kappa shape index (κ3) is 3.49. The van der Waals surface area contributed by atoms with E-state index in [-0.39, 0.29) is 24.1 Å². The highest BCUT2D eigenvalue weighted by Crippen LogP contribution is 2.29. The van der Waals surface area contributed by atoms with Crippen molar-refractivity contribution in [1.29, 1.82) is 0 Å². The number of likely N-dealkylation sites (N-methyl/N-ethyl adjacent to an activating group) is 1. The molecule has 2 unspecified atom stereocenters. The molecule has 0 radical (unpaired) electrons. The minimum atomic E-state index is -0.551. The Kier molecular flexibility index (Phi) is 4.97. The molecule has 27 heavy (non-hydrogen) atoms. The van der Waals surface area contributed by atoms with Crippen LogP contribution in [-0.4, -0.2) is 59.7 Å². The Balaban J connectivity index is 1.48. The van der Waals surface area contributed by atoms with E-state index in [1.165, 1.54) is 18.4 Å².